The summed E-state index contributed by atoms with van der Waals surface area (Å²) in [5.41, 5.74) is 0. The maximum atomic E-state index is 4.59. The molecule has 2 heterocycles. The molecule has 0 amide bonds. The lowest BCUT2D eigenvalue weighted by Gasteiger charge is -2.38. The zero-order valence-corrected chi connectivity index (χ0v) is 12.4. The fraction of sp³-hybridized carbons (Fsp3) is 0.733. The van der Waals surface area contributed by atoms with E-state index < -0.39 is 0 Å². The molecule has 1 aromatic heterocycles. The summed E-state index contributed by atoms with van der Waals surface area (Å²) < 4.78 is 0. The van der Waals surface area contributed by atoms with Gasteiger partial charge in [-0.25, -0.2) is 4.98 Å². The van der Waals surface area contributed by atoms with Gasteiger partial charge in [0.1, 0.15) is 5.82 Å². The van der Waals surface area contributed by atoms with Crippen LogP contribution in [0.15, 0.2) is 12.3 Å². The third-order valence-electron chi connectivity index (χ3n) is 4.46. The Kier molecular flexibility index (Phi) is 4.35. The Morgan fingerprint density at radius 2 is 1.95 bits per heavy atom. The molecule has 0 atom stereocenters. The second-order valence-corrected chi connectivity index (χ2v) is 5.73. The van der Waals surface area contributed by atoms with Gasteiger partial charge in [-0.15, -0.1) is 0 Å². The molecule has 20 heavy (non-hydrogen) atoms. The monoisotopic (exact) mass is 275 g/mol. The molecule has 0 unspecified atom stereocenters. The Bertz CT molecular complexity index is 422. The first-order valence-electron chi connectivity index (χ1n) is 7.92. The minimum Gasteiger partial charge on any atom is -0.354 e. The first kappa shape index (κ1) is 13.6. The molecule has 5 nitrogen and oxygen atoms in total. The minimum atomic E-state index is 0.739. The fourth-order valence-corrected chi connectivity index (χ4v) is 3.35. The molecular formula is C15H25N5. The first-order chi connectivity index (χ1) is 9.86. The zero-order chi connectivity index (χ0) is 13.8. The van der Waals surface area contributed by atoms with Crippen LogP contribution >= 0.6 is 0 Å². The Morgan fingerprint density at radius 3 is 2.65 bits per heavy atom. The van der Waals surface area contributed by atoms with Crippen LogP contribution < -0.4 is 10.2 Å². The van der Waals surface area contributed by atoms with Crippen molar-refractivity contribution in [2.24, 2.45) is 0 Å². The van der Waals surface area contributed by atoms with E-state index in [0.717, 1.165) is 37.4 Å². The average molecular weight is 275 g/mol. The molecule has 1 aliphatic heterocycles. The van der Waals surface area contributed by atoms with Gasteiger partial charge >= 0.3 is 0 Å². The van der Waals surface area contributed by atoms with Crippen LogP contribution in [0.4, 0.5) is 11.8 Å². The predicted octanol–water partition coefficient (Wildman–Crippen LogP) is 1.97. The van der Waals surface area contributed by atoms with Crippen LogP contribution in [-0.4, -0.2) is 53.6 Å². The Hall–Kier alpha value is -1.36. The normalized spacial score (nSPS) is 21.4. The van der Waals surface area contributed by atoms with Gasteiger partial charge in [0.2, 0.25) is 5.95 Å². The highest BCUT2D eigenvalue weighted by atomic mass is 15.3. The summed E-state index contributed by atoms with van der Waals surface area (Å²) in [5.74, 6) is 1.80. The minimum absolute atomic E-state index is 0.739. The molecule has 5 heteroatoms. The van der Waals surface area contributed by atoms with Gasteiger partial charge in [0.15, 0.2) is 0 Å². The van der Waals surface area contributed by atoms with E-state index in [-0.39, 0.29) is 0 Å². The number of hydrogen-bond acceptors (Lipinski definition) is 5. The van der Waals surface area contributed by atoms with Crippen molar-refractivity contribution >= 4 is 11.8 Å². The predicted molar refractivity (Wildman–Crippen MR) is 82.2 cm³/mol. The van der Waals surface area contributed by atoms with Crippen LogP contribution in [0.3, 0.4) is 0 Å². The standard InChI is InChI=1S/C15H25N5/c1-2-16-15-17-8-7-14(18-15)20-11-9-19(10-12-20)13-5-3-4-6-13/h7-8,13H,2-6,9-12H2,1H3,(H,16,17,18). The number of nitrogens with zero attached hydrogens (tertiary/aromatic N) is 4. The van der Waals surface area contributed by atoms with Gasteiger partial charge in [-0.05, 0) is 25.8 Å². The van der Waals surface area contributed by atoms with Crippen LogP contribution in [0.25, 0.3) is 0 Å². The summed E-state index contributed by atoms with van der Waals surface area (Å²) in [7, 11) is 0. The van der Waals surface area contributed by atoms with Crippen molar-refractivity contribution in [3.8, 4) is 0 Å². The van der Waals surface area contributed by atoms with E-state index in [9.17, 15) is 0 Å². The lowest BCUT2D eigenvalue weighted by Crippen LogP contribution is -2.50. The summed E-state index contributed by atoms with van der Waals surface area (Å²) in [4.78, 5) is 13.9. The maximum Gasteiger partial charge on any atom is 0.224 e. The molecule has 1 N–H and O–H groups in total. The number of piperazine rings is 1. The first-order valence-corrected chi connectivity index (χ1v) is 7.92. The highest BCUT2D eigenvalue weighted by molar-refractivity contribution is 5.42. The molecule has 0 radical (unpaired) electrons. The van der Waals surface area contributed by atoms with E-state index in [0.29, 0.717) is 0 Å². The number of rotatable bonds is 4. The average Bonchev–Trinajstić information content (AvgIpc) is 3.02. The fourth-order valence-electron chi connectivity index (χ4n) is 3.35. The summed E-state index contributed by atoms with van der Waals surface area (Å²) in [6.07, 6.45) is 7.49. The van der Waals surface area contributed by atoms with Gasteiger partial charge in [-0.3, -0.25) is 4.90 Å². The number of nitrogens with one attached hydrogen (secondary N) is 1. The largest absolute Gasteiger partial charge is 0.354 e. The smallest absolute Gasteiger partial charge is 0.224 e. The lowest BCUT2D eigenvalue weighted by atomic mass is 10.2. The molecule has 0 aromatic carbocycles. The zero-order valence-electron chi connectivity index (χ0n) is 12.4. The van der Waals surface area contributed by atoms with Crippen molar-refractivity contribution in [3.63, 3.8) is 0 Å². The van der Waals surface area contributed by atoms with Crippen LogP contribution in [0, 0.1) is 0 Å². The van der Waals surface area contributed by atoms with Crippen LogP contribution in [0.2, 0.25) is 0 Å². The second-order valence-electron chi connectivity index (χ2n) is 5.73. The van der Waals surface area contributed by atoms with Gasteiger partial charge in [0.25, 0.3) is 0 Å². The van der Waals surface area contributed by atoms with Crippen molar-refractivity contribution in [2.75, 3.05) is 42.9 Å². The van der Waals surface area contributed by atoms with Gasteiger partial charge in [0, 0.05) is 45.0 Å². The van der Waals surface area contributed by atoms with Crippen LogP contribution in [0.5, 0.6) is 0 Å². The Labute approximate surface area is 121 Å². The van der Waals surface area contributed by atoms with E-state index in [4.69, 9.17) is 0 Å². The summed E-state index contributed by atoms with van der Waals surface area (Å²) in [5, 5.41) is 3.18. The highest BCUT2D eigenvalue weighted by Gasteiger charge is 2.26. The summed E-state index contributed by atoms with van der Waals surface area (Å²) >= 11 is 0. The van der Waals surface area contributed by atoms with Crippen molar-refractivity contribution in [2.45, 2.75) is 38.6 Å². The molecule has 1 saturated carbocycles. The third kappa shape index (κ3) is 3.03. The summed E-state index contributed by atoms with van der Waals surface area (Å²) in [6, 6.07) is 2.87. The van der Waals surface area contributed by atoms with Gasteiger partial charge in [-0.2, -0.15) is 4.98 Å². The quantitative estimate of drug-likeness (QED) is 0.910. The van der Waals surface area contributed by atoms with Gasteiger partial charge in [0.05, 0.1) is 0 Å². The van der Waals surface area contributed by atoms with Crippen LogP contribution in [0.1, 0.15) is 32.6 Å². The van der Waals surface area contributed by atoms with Gasteiger partial charge in [-0.1, -0.05) is 12.8 Å². The molecule has 3 rings (SSSR count). The number of aromatic nitrogens is 2. The SMILES string of the molecule is CCNc1nccc(N2CCN(C3CCCC3)CC2)n1. The van der Waals surface area contributed by atoms with E-state index in [1.807, 2.05) is 12.3 Å². The van der Waals surface area contributed by atoms with E-state index in [2.05, 4.69) is 32.0 Å². The van der Waals surface area contributed by atoms with Crippen molar-refractivity contribution < 1.29 is 0 Å². The van der Waals surface area contributed by atoms with Crippen molar-refractivity contribution in [1.82, 2.24) is 14.9 Å². The summed E-state index contributed by atoms with van der Waals surface area (Å²) in [6.45, 7) is 7.43. The molecule has 1 aromatic rings. The van der Waals surface area contributed by atoms with Crippen molar-refractivity contribution in [1.29, 1.82) is 0 Å². The van der Waals surface area contributed by atoms with Crippen molar-refractivity contribution in [3.05, 3.63) is 12.3 Å². The van der Waals surface area contributed by atoms with E-state index in [1.165, 1.54) is 38.8 Å². The molecule has 110 valence electrons. The molecular weight excluding hydrogens is 250 g/mol. The lowest BCUT2D eigenvalue weighted by molar-refractivity contribution is 0.187. The molecule has 2 fully saturated rings. The second kappa shape index (κ2) is 6.39. The molecule has 0 bridgehead atoms. The molecule has 2 aliphatic rings. The maximum absolute atomic E-state index is 4.59. The van der Waals surface area contributed by atoms with Crippen LogP contribution in [-0.2, 0) is 0 Å². The highest BCUT2D eigenvalue weighted by Crippen LogP contribution is 2.25. The molecule has 1 aliphatic carbocycles. The Morgan fingerprint density at radius 1 is 1.20 bits per heavy atom. The molecule has 1 saturated heterocycles. The van der Waals surface area contributed by atoms with E-state index in [1.54, 1.807) is 0 Å². The van der Waals surface area contributed by atoms with Gasteiger partial charge < -0.3 is 10.2 Å². The molecule has 0 spiro atoms. The topological polar surface area (TPSA) is 44.3 Å². The number of hydrogen-bond donors (Lipinski definition) is 1. The Balaban J connectivity index is 1.58. The number of anilines is 2. The third-order valence-corrected chi connectivity index (χ3v) is 4.46. The van der Waals surface area contributed by atoms with E-state index >= 15 is 0 Å².